The van der Waals surface area contributed by atoms with E-state index < -0.39 is 10.8 Å². The first-order chi connectivity index (χ1) is 34.7. The molecule has 0 saturated carbocycles. The molecule has 0 fully saturated rings. The van der Waals surface area contributed by atoms with E-state index in [1.165, 1.54) is 66.8 Å². The second-order valence-corrected chi connectivity index (χ2v) is 18.9. The lowest BCUT2D eigenvalue weighted by atomic mass is 9.52. The molecular weight excluding hydrogens is 853 g/mol. The SMILES string of the molecule is Cc1c(N(c2ccc(-c3c(-c4ccccn4)oc4ccccc34)cc2)c2ccc3c(c2)C2(c4ccccc4-c4ccccc42)c2ccccc2C32c3ccccc3-c3ccccc32)oc2ccccc12. The van der Waals surface area contributed by atoms with E-state index in [1.807, 2.05) is 36.5 Å². The highest BCUT2D eigenvalue weighted by molar-refractivity contribution is 6.02. The van der Waals surface area contributed by atoms with Gasteiger partial charge in [0.15, 0.2) is 5.76 Å². The number of benzene rings is 9. The minimum atomic E-state index is -0.643. The first kappa shape index (κ1) is 39.0. The number of rotatable bonds is 5. The van der Waals surface area contributed by atoms with Crippen molar-refractivity contribution in [2.45, 2.75) is 17.8 Å². The van der Waals surface area contributed by atoms with Gasteiger partial charge in [0.25, 0.3) is 0 Å². The van der Waals surface area contributed by atoms with Gasteiger partial charge < -0.3 is 8.83 Å². The van der Waals surface area contributed by atoms with E-state index in [1.54, 1.807) is 0 Å². The molecule has 0 saturated heterocycles. The molecule has 3 aromatic heterocycles. The third-order valence-corrected chi connectivity index (χ3v) is 15.6. The van der Waals surface area contributed by atoms with Crippen molar-refractivity contribution in [3.05, 3.63) is 287 Å². The fourth-order valence-corrected chi connectivity index (χ4v) is 12.9. The molecule has 0 N–H and O–H groups in total. The minimum absolute atomic E-state index is 0.587. The third-order valence-electron chi connectivity index (χ3n) is 15.6. The largest absolute Gasteiger partial charge is 0.454 e. The number of furan rings is 2. The average molecular weight is 895 g/mol. The number of hydrogen-bond donors (Lipinski definition) is 0. The molecule has 3 heterocycles. The molecule has 9 aromatic carbocycles. The summed E-state index contributed by atoms with van der Waals surface area (Å²) in [6.07, 6.45) is 1.82. The van der Waals surface area contributed by atoms with Gasteiger partial charge >= 0.3 is 0 Å². The molecule has 4 nitrogen and oxygen atoms in total. The van der Waals surface area contributed by atoms with Crippen molar-refractivity contribution in [1.29, 1.82) is 0 Å². The van der Waals surface area contributed by atoms with Crippen LogP contribution in [0.5, 0.6) is 0 Å². The smallest absolute Gasteiger partial charge is 0.208 e. The minimum Gasteiger partial charge on any atom is -0.454 e. The zero-order valence-electron chi connectivity index (χ0n) is 38.2. The van der Waals surface area contributed by atoms with E-state index in [9.17, 15) is 0 Å². The van der Waals surface area contributed by atoms with Crippen LogP contribution < -0.4 is 4.90 Å². The van der Waals surface area contributed by atoms with Gasteiger partial charge in [-0.05, 0) is 128 Å². The van der Waals surface area contributed by atoms with E-state index in [2.05, 4.69) is 212 Å². The van der Waals surface area contributed by atoms with Crippen LogP contribution in [0.3, 0.4) is 0 Å². The van der Waals surface area contributed by atoms with Gasteiger partial charge in [-0.15, -0.1) is 0 Å². The summed E-state index contributed by atoms with van der Waals surface area (Å²) in [5.41, 5.74) is 21.8. The van der Waals surface area contributed by atoms with Crippen LogP contribution in [0.2, 0.25) is 0 Å². The molecule has 12 aromatic rings. The molecule has 0 bridgehead atoms. The quantitative estimate of drug-likeness (QED) is 0.173. The van der Waals surface area contributed by atoms with Crippen LogP contribution in [-0.2, 0) is 10.8 Å². The standard InChI is InChI=1S/C66H42N2O2/c1-41-45-18-6-14-31-60(45)70-64(41)68(43-35-33-42(34-36-43)62-50-23-7-15-32-61(50)69-63(62)59-30-16-17-39-67-59)44-37-38-57-58(40-44)66(53-26-10-4-21-48(53)49-22-5-11-27-54(49)66)56-29-13-12-28-55(56)65(57)51-24-8-2-19-46(51)47-20-3-9-25-52(47)65/h2-40H,1H3. The number of hydrogen-bond acceptors (Lipinski definition) is 4. The third kappa shape index (κ3) is 5.01. The number of pyridine rings is 1. The van der Waals surface area contributed by atoms with Crippen LogP contribution in [-0.4, -0.2) is 4.98 Å². The van der Waals surface area contributed by atoms with Gasteiger partial charge in [0, 0.05) is 39.5 Å². The Bertz CT molecular complexity index is 4010. The summed E-state index contributed by atoms with van der Waals surface area (Å²) in [4.78, 5) is 7.06. The molecule has 0 unspecified atom stereocenters. The normalized spacial score (nSPS) is 14.0. The fourth-order valence-electron chi connectivity index (χ4n) is 12.9. The maximum Gasteiger partial charge on any atom is 0.208 e. The molecule has 0 atom stereocenters. The molecule has 3 aliphatic carbocycles. The summed E-state index contributed by atoms with van der Waals surface area (Å²) >= 11 is 0. The number of aryl methyl sites for hydroxylation is 1. The van der Waals surface area contributed by atoms with Gasteiger partial charge in [-0.1, -0.05) is 182 Å². The first-order valence-corrected chi connectivity index (χ1v) is 24.1. The second-order valence-electron chi connectivity index (χ2n) is 18.9. The molecule has 0 aliphatic heterocycles. The lowest BCUT2D eigenvalue weighted by molar-refractivity contribution is 0.616. The van der Waals surface area contributed by atoms with E-state index in [0.29, 0.717) is 0 Å². The van der Waals surface area contributed by atoms with Gasteiger partial charge in [-0.25, -0.2) is 0 Å². The molecular formula is C66H42N2O2. The van der Waals surface area contributed by atoms with Crippen LogP contribution in [0.25, 0.3) is 66.8 Å². The Kier molecular flexibility index (Phi) is 8.09. The number of fused-ring (bicyclic) bond motifs is 18. The van der Waals surface area contributed by atoms with E-state index >= 15 is 0 Å². The lowest BCUT2D eigenvalue weighted by Crippen LogP contribution is -2.43. The summed E-state index contributed by atoms with van der Waals surface area (Å²) in [6.45, 7) is 2.18. The molecule has 0 amide bonds. The highest BCUT2D eigenvalue weighted by atomic mass is 16.4. The topological polar surface area (TPSA) is 42.4 Å². The summed E-state index contributed by atoms with van der Waals surface area (Å²) < 4.78 is 13.6. The molecule has 70 heavy (non-hydrogen) atoms. The van der Waals surface area contributed by atoms with Crippen molar-refractivity contribution in [1.82, 2.24) is 4.98 Å². The lowest BCUT2D eigenvalue weighted by Gasteiger charge is -2.49. The average Bonchev–Trinajstić information content (AvgIpc) is 4.15. The first-order valence-electron chi connectivity index (χ1n) is 24.1. The maximum atomic E-state index is 7.03. The van der Waals surface area contributed by atoms with Gasteiger partial charge in [0.1, 0.15) is 16.9 Å². The molecule has 3 aliphatic rings. The Hall–Kier alpha value is -8.99. The Morgan fingerprint density at radius 1 is 0.386 bits per heavy atom. The van der Waals surface area contributed by atoms with Crippen LogP contribution >= 0.6 is 0 Å². The van der Waals surface area contributed by atoms with Gasteiger partial charge in [-0.3, -0.25) is 9.88 Å². The van der Waals surface area contributed by atoms with Crippen molar-refractivity contribution in [3.8, 4) is 44.8 Å². The number of para-hydroxylation sites is 2. The molecule has 4 heteroatoms. The second kappa shape index (κ2) is 14.5. The summed E-state index contributed by atoms with van der Waals surface area (Å²) in [6, 6.07) is 84.4. The van der Waals surface area contributed by atoms with Crippen molar-refractivity contribution >= 4 is 39.2 Å². The summed E-state index contributed by atoms with van der Waals surface area (Å²) in [5.74, 6) is 1.53. The van der Waals surface area contributed by atoms with Gasteiger partial charge in [0.05, 0.1) is 10.8 Å². The number of anilines is 3. The van der Waals surface area contributed by atoms with Crippen LogP contribution in [0.1, 0.15) is 50.1 Å². The molecule has 15 rings (SSSR count). The molecule has 0 radical (unpaired) electrons. The van der Waals surface area contributed by atoms with Crippen molar-refractivity contribution in [2.24, 2.45) is 0 Å². The fraction of sp³-hybridized carbons (Fsp3) is 0.0455. The Morgan fingerprint density at radius 2 is 0.843 bits per heavy atom. The number of nitrogens with zero attached hydrogens (tertiary/aromatic N) is 2. The predicted molar refractivity (Wildman–Crippen MR) is 282 cm³/mol. The van der Waals surface area contributed by atoms with E-state index in [4.69, 9.17) is 13.8 Å². The maximum absolute atomic E-state index is 7.03. The molecule has 328 valence electrons. The van der Waals surface area contributed by atoms with Crippen LogP contribution in [0.4, 0.5) is 17.3 Å². The summed E-state index contributed by atoms with van der Waals surface area (Å²) in [5, 5.41) is 2.13. The van der Waals surface area contributed by atoms with E-state index in [-0.39, 0.29) is 0 Å². The van der Waals surface area contributed by atoms with E-state index in [0.717, 1.165) is 67.3 Å². The predicted octanol–water partition coefficient (Wildman–Crippen LogP) is 16.7. The number of aromatic nitrogens is 1. The zero-order valence-corrected chi connectivity index (χ0v) is 38.2. The van der Waals surface area contributed by atoms with Crippen LogP contribution in [0.15, 0.2) is 246 Å². The Morgan fingerprint density at radius 3 is 1.40 bits per heavy atom. The monoisotopic (exact) mass is 894 g/mol. The highest BCUT2D eigenvalue weighted by Gasteiger charge is 2.59. The Balaban J connectivity index is 1.03. The van der Waals surface area contributed by atoms with Crippen LogP contribution in [0, 0.1) is 6.92 Å². The van der Waals surface area contributed by atoms with Crippen molar-refractivity contribution in [2.75, 3.05) is 4.90 Å². The van der Waals surface area contributed by atoms with Gasteiger partial charge in [-0.2, -0.15) is 0 Å². The highest BCUT2D eigenvalue weighted by Crippen LogP contribution is 2.68. The van der Waals surface area contributed by atoms with Crippen molar-refractivity contribution < 1.29 is 8.83 Å². The zero-order chi connectivity index (χ0) is 46.1. The molecule has 2 spiro atoms. The van der Waals surface area contributed by atoms with Crippen molar-refractivity contribution in [3.63, 3.8) is 0 Å². The summed E-state index contributed by atoms with van der Waals surface area (Å²) in [7, 11) is 0. The van der Waals surface area contributed by atoms with Gasteiger partial charge in [0.2, 0.25) is 5.88 Å². The Labute approximate surface area is 405 Å².